The number of rotatable bonds is 3. The third-order valence-electron chi connectivity index (χ3n) is 1.63. The van der Waals surface area contributed by atoms with Crippen molar-refractivity contribution in [1.29, 1.82) is 0 Å². The second-order valence-electron chi connectivity index (χ2n) is 2.92. The largest absolute Gasteiger partial charge is 0.334 e. The summed E-state index contributed by atoms with van der Waals surface area (Å²) >= 11 is 7.03. The summed E-state index contributed by atoms with van der Waals surface area (Å²) in [6, 6.07) is 1.37. The fourth-order valence-corrected chi connectivity index (χ4v) is 1.55. The highest BCUT2D eigenvalue weighted by Gasteiger charge is 2.12. The first-order chi connectivity index (χ1) is 7.09. The number of hydrogen-bond donors (Lipinski definition) is 2. The molecule has 15 heavy (non-hydrogen) atoms. The summed E-state index contributed by atoms with van der Waals surface area (Å²) in [7, 11) is 0. The van der Waals surface area contributed by atoms with Crippen LogP contribution in [-0.4, -0.2) is 17.3 Å². The first-order valence-corrected chi connectivity index (χ1v) is 5.71. The van der Waals surface area contributed by atoms with E-state index in [1.807, 2.05) is 16.8 Å². The Morgan fingerprint density at radius 2 is 2.33 bits per heavy atom. The Labute approximate surface area is 96.6 Å². The maximum absolute atomic E-state index is 11.2. The number of nitrogens with one attached hydrogen (secondary N) is 2. The highest BCUT2D eigenvalue weighted by Crippen LogP contribution is 2.04. The van der Waals surface area contributed by atoms with Crippen molar-refractivity contribution in [3.05, 3.63) is 22.4 Å². The molecule has 1 aromatic heterocycles. The van der Waals surface area contributed by atoms with Gasteiger partial charge in [-0.15, -0.1) is 11.6 Å². The van der Waals surface area contributed by atoms with Crippen LogP contribution in [0.2, 0.25) is 0 Å². The summed E-state index contributed by atoms with van der Waals surface area (Å²) in [5, 5.41) is 7.80. The normalized spacial score (nSPS) is 11.9. The van der Waals surface area contributed by atoms with E-state index >= 15 is 0 Å². The molecular formula is C9H11ClN2O2S. The van der Waals surface area contributed by atoms with Crippen molar-refractivity contribution in [2.75, 3.05) is 0 Å². The van der Waals surface area contributed by atoms with Crippen molar-refractivity contribution < 1.29 is 9.59 Å². The van der Waals surface area contributed by atoms with Gasteiger partial charge >= 0.3 is 6.03 Å². The fourth-order valence-electron chi connectivity index (χ4n) is 0.831. The van der Waals surface area contributed by atoms with E-state index in [1.165, 1.54) is 6.92 Å². The predicted molar refractivity (Wildman–Crippen MR) is 60.0 cm³/mol. The standard InChI is InChI=1S/C9H11ClN2O2S/c1-6(10)8(13)12-9(14)11-4-7-2-3-15-5-7/h2-3,5-6H,4H2,1H3,(H2,11,12,13,14). The zero-order valence-electron chi connectivity index (χ0n) is 8.12. The lowest BCUT2D eigenvalue weighted by Gasteiger charge is -2.06. The molecule has 0 aliphatic carbocycles. The summed E-state index contributed by atoms with van der Waals surface area (Å²) < 4.78 is 0. The van der Waals surface area contributed by atoms with E-state index in [1.54, 1.807) is 11.3 Å². The third-order valence-corrected chi connectivity index (χ3v) is 2.56. The highest BCUT2D eigenvalue weighted by molar-refractivity contribution is 7.07. The number of alkyl halides is 1. The molecule has 1 atom stereocenters. The Kier molecular flexibility index (Phi) is 4.58. The molecule has 1 heterocycles. The molecule has 1 unspecified atom stereocenters. The molecule has 0 saturated heterocycles. The topological polar surface area (TPSA) is 58.2 Å². The van der Waals surface area contributed by atoms with Crippen LogP contribution in [0.4, 0.5) is 4.79 Å². The molecule has 0 aliphatic heterocycles. The first kappa shape index (κ1) is 12.0. The lowest BCUT2D eigenvalue weighted by Crippen LogP contribution is -2.41. The molecule has 0 saturated carbocycles. The van der Waals surface area contributed by atoms with Gasteiger partial charge in [-0.25, -0.2) is 4.79 Å². The average molecular weight is 247 g/mol. The number of hydrogen-bond acceptors (Lipinski definition) is 3. The van der Waals surface area contributed by atoms with Gasteiger partial charge in [-0.3, -0.25) is 10.1 Å². The van der Waals surface area contributed by atoms with Gasteiger partial charge in [-0.05, 0) is 29.3 Å². The molecule has 1 rings (SSSR count). The van der Waals surface area contributed by atoms with Crippen LogP contribution in [0.1, 0.15) is 12.5 Å². The van der Waals surface area contributed by atoms with Gasteiger partial charge in [0.1, 0.15) is 5.38 Å². The Hall–Kier alpha value is -1.07. The second kappa shape index (κ2) is 5.72. The zero-order valence-corrected chi connectivity index (χ0v) is 9.69. The Morgan fingerprint density at radius 1 is 1.60 bits per heavy atom. The molecule has 0 spiro atoms. The van der Waals surface area contributed by atoms with Crippen molar-refractivity contribution in [3.63, 3.8) is 0 Å². The maximum atomic E-state index is 11.2. The Bertz CT molecular complexity index is 338. The van der Waals surface area contributed by atoms with Gasteiger partial charge in [0.15, 0.2) is 0 Å². The van der Waals surface area contributed by atoms with E-state index in [2.05, 4.69) is 10.6 Å². The van der Waals surface area contributed by atoms with Gasteiger partial charge in [0.05, 0.1) is 0 Å². The minimum Gasteiger partial charge on any atom is -0.334 e. The quantitative estimate of drug-likeness (QED) is 0.798. The molecule has 0 fully saturated rings. The zero-order chi connectivity index (χ0) is 11.3. The number of carbonyl (C=O) groups is 2. The molecule has 0 radical (unpaired) electrons. The molecule has 0 aliphatic rings. The van der Waals surface area contributed by atoms with E-state index in [0.29, 0.717) is 6.54 Å². The molecule has 2 N–H and O–H groups in total. The van der Waals surface area contributed by atoms with Crippen LogP contribution in [0.15, 0.2) is 16.8 Å². The van der Waals surface area contributed by atoms with Crippen LogP contribution in [-0.2, 0) is 11.3 Å². The van der Waals surface area contributed by atoms with Crippen molar-refractivity contribution in [2.24, 2.45) is 0 Å². The average Bonchev–Trinajstić information content (AvgIpc) is 2.66. The molecule has 3 amide bonds. The Morgan fingerprint density at radius 3 is 2.87 bits per heavy atom. The van der Waals surface area contributed by atoms with Crippen LogP contribution in [0.3, 0.4) is 0 Å². The number of amides is 3. The van der Waals surface area contributed by atoms with Gasteiger partial charge < -0.3 is 5.32 Å². The van der Waals surface area contributed by atoms with Crippen LogP contribution < -0.4 is 10.6 Å². The molecule has 1 aromatic rings. The smallest absolute Gasteiger partial charge is 0.321 e. The number of halogens is 1. The van der Waals surface area contributed by atoms with Crippen LogP contribution >= 0.6 is 22.9 Å². The van der Waals surface area contributed by atoms with Crippen molar-refractivity contribution in [2.45, 2.75) is 18.8 Å². The third kappa shape index (κ3) is 4.31. The van der Waals surface area contributed by atoms with Crippen molar-refractivity contribution in [3.8, 4) is 0 Å². The van der Waals surface area contributed by atoms with Gasteiger partial charge in [0, 0.05) is 6.54 Å². The predicted octanol–water partition coefficient (Wildman–Crippen LogP) is 1.70. The summed E-state index contributed by atoms with van der Waals surface area (Å²) in [5.74, 6) is -0.500. The van der Waals surface area contributed by atoms with E-state index in [0.717, 1.165) is 5.56 Å². The Balaban J connectivity index is 2.28. The van der Waals surface area contributed by atoms with E-state index in [-0.39, 0.29) is 0 Å². The fraction of sp³-hybridized carbons (Fsp3) is 0.333. The first-order valence-electron chi connectivity index (χ1n) is 4.33. The highest BCUT2D eigenvalue weighted by atomic mass is 35.5. The van der Waals surface area contributed by atoms with Crippen molar-refractivity contribution in [1.82, 2.24) is 10.6 Å². The van der Waals surface area contributed by atoms with Crippen molar-refractivity contribution >= 4 is 34.9 Å². The minimum atomic E-state index is -0.711. The van der Waals surface area contributed by atoms with Crippen LogP contribution in [0, 0.1) is 0 Å². The van der Waals surface area contributed by atoms with Crippen LogP contribution in [0.25, 0.3) is 0 Å². The summed E-state index contributed by atoms with van der Waals surface area (Å²) in [5.41, 5.74) is 1.00. The maximum Gasteiger partial charge on any atom is 0.321 e. The molecule has 0 bridgehead atoms. The number of urea groups is 1. The van der Waals surface area contributed by atoms with Gasteiger partial charge in [0.2, 0.25) is 5.91 Å². The number of thiophene rings is 1. The molecular weight excluding hydrogens is 236 g/mol. The molecule has 6 heteroatoms. The van der Waals surface area contributed by atoms with Gasteiger partial charge in [-0.1, -0.05) is 0 Å². The second-order valence-corrected chi connectivity index (χ2v) is 4.35. The van der Waals surface area contributed by atoms with E-state index in [9.17, 15) is 9.59 Å². The number of imide groups is 1. The van der Waals surface area contributed by atoms with Crippen LogP contribution in [0.5, 0.6) is 0 Å². The van der Waals surface area contributed by atoms with Gasteiger partial charge in [0.25, 0.3) is 0 Å². The molecule has 0 aromatic carbocycles. The number of carbonyl (C=O) groups excluding carboxylic acids is 2. The van der Waals surface area contributed by atoms with Gasteiger partial charge in [-0.2, -0.15) is 11.3 Å². The summed E-state index contributed by atoms with van der Waals surface area (Å²) in [6.45, 7) is 1.91. The van der Waals surface area contributed by atoms with E-state index < -0.39 is 17.3 Å². The minimum absolute atomic E-state index is 0.402. The lowest BCUT2D eigenvalue weighted by atomic mass is 10.3. The lowest BCUT2D eigenvalue weighted by molar-refractivity contribution is -0.119. The SMILES string of the molecule is CC(Cl)C(=O)NC(=O)NCc1ccsc1. The van der Waals surface area contributed by atoms with E-state index in [4.69, 9.17) is 11.6 Å². The summed E-state index contributed by atoms with van der Waals surface area (Å²) in [4.78, 5) is 22.2. The molecule has 4 nitrogen and oxygen atoms in total. The molecule has 82 valence electrons. The monoisotopic (exact) mass is 246 g/mol. The summed E-state index contributed by atoms with van der Waals surface area (Å²) in [6.07, 6.45) is 0.